The van der Waals surface area contributed by atoms with Crippen molar-refractivity contribution in [2.24, 2.45) is 46.3 Å². The number of halogens is 1. The van der Waals surface area contributed by atoms with Crippen molar-refractivity contribution < 1.29 is 0 Å². The minimum Gasteiger partial charge on any atom is -0.324 e. The molecular weight excluding hydrogens is 623 g/mol. The molecule has 0 aromatic carbocycles. The van der Waals surface area contributed by atoms with Gasteiger partial charge in [0.2, 0.25) is 0 Å². The summed E-state index contributed by atoms with van der Waals surface area (Å²) in [7, 11) is 0. The van der Waals surface area contributed by atoms with E-state index in [0.717, 1.165) is 35.5 Å². The van der Waals surface area contributed by atoms with Gasteiger partial charge in [-0.25, -0.2) is 4.98 Å². The van der Waals surface area contributed by atoms with Gasteiger partial charge >= 0.3 is 0 Å². The van der Waals surface area contributed by atoms with Crippen molar-refractivity contribution >= 4 is 22.6 Å². The predicted molar refractivity (Wildman–Crippen MR) is 189 cm³/mol. The summed E-state index contributed by atoms with van der Waals surface area (Å²) in [6.45, 7) is 11.6. The summed E-state index contributed by atoms with van der Waals surface area (Å²) in [6.07, 6.45) is 35.6. The van der Waals surface area contributed by atoms with Crippen LogP contribution in [-0.2, 0) is 13.0 Å². The molecule has 5 rings (SSSR count). The second kappa shape index (κ2) is 15.5. The molecule has 1 unspecified atom stereocenters. The Morgan fingerprint density at radius 2 is 1.52 bits per heavy atom. The Bertz CT molecular complexity index is 954. The topological polar surface area (TPSA) is 17.8 Å². The Labute approximate surface area is 274 Å². The first-order valence-corrected chi connectivity index (χ1v) is 20.2. The van der Waals surface area contributed by atoms with Crippen molar-refractivity contribution in [3.63, 3.8) is 0 Å². The van der Waals surface area contributed by atoms with Crippen LogP contribution in [0.5, 0.6) is 0 Å². The van der Waals surface area contributed by atoms with Crippen LogP contribution in [0.15, 0.2) is 6.20 Å². The molecule has 8 atom stereocenters. The summed E-state index contributed by atoms with van der Waals surface area (Å²) in [6, 6.07) is 0. The fourth-order valence-corrected chi connectivity index (χ4v) is 12.3. The molecule has 2 nitrogen and oxygen atoms in total. The second-order valence-corrected chi connectivity index (χ2v) is 17.3. The highest BCUT2D eigenvalue weighted by Crippen LogP contribution is 2.68. The van der Waals surface area contributed by atoms with E-state index in [4.69, 9.17) is 4.98 Å². The molecule has 0 bridgehead atoms. The maximum Gasteiger partial charge on any atom is 0.171 e. The van der Waals surface area contributed by atoms with E-state index >= 15 is 0 Å². The van der Waals surface area contributed by atoms with Crippen molar-refractivity contribution in [2.45, 2.75) is 182 Å². The molecule has 0 spiro atoms. The first kappa shape index (κ1) is 33.3. The van der Waals surface area contributed by atoms with Crippen molar-refractivity contribution in [2.75, 3.05) is 0 Å². The quantitative estimate of drug-likeness (QED) is 0.125. The van der Waals surface area contributed by atoms with Crippen molar-refractivity contribution in [1.82, 2.24) is 9.55 Å². The number of aromatic nitrogens is 2. The summed E-state index contributed by atoms with van der Waals surface area (Å²) >= 11 is 2.47. The lowest BCUT2D eigenvalue weighted by molar-refractivity contribution is -0.114. The molecule has 4 aliphatic rings. The molecule has 1 heterocycles. The van der Waals surface area contributed by atoms with Crippen LogP contribution in [-0.4, -0.2) is 9.55 Å². The van der Waals surface area contributed by atoms with Crippen molar-refractivity contribution in [3.8, 4) is 0 Å². The van der Waals surface area contributed by atoms with Gasteiger partial charge in [0.25, 0.3) is 0 Å². The fraction of sp³-hybridized carbons (Fsp3) is 0.923. The molecule has 1 aromatic rings. The summed E-state index contributed by atoms with van der Waals surface area (Å²) in [5.74, 6) is 5.99. The van der Waals surface area contributed by atoms with Gasteiger partial charge in [0.05, 0.1) is 0 Å². The van der Waals surface area contributed by atoms with Crippen LogP contribution in [0.4, 0.5) is 0 Å². The number of rotatable bonds is 16. The molecule has 0 amide bonds. The first-order chi connectivity index (χ1) is 20.4. The highest BCUT2D eigenvalue weighted by Gasteiger charge is 2.60. The Balaban J connectivity index is 1.05. The highest BCUT2D eigenvalue weighted by molar-refractivity contribution is 14.1. The first-order valence-electron chi connectivity index (χ1n) is 19.1. The molecular formula is C39H67IN2. The minimum absolute atomic E-state index is 0.616. The van der Waals surface area contributed by atoms with Gasteiger partial charge in [-0.2, -0.15) is 0 Å². The Hall–Kier alpha value is -0.0600. The zero-order chi connectivity index (χ0) is 29.6. The van der Waals surface area contributed by atoms with Gasteiger partial charge < -0.3 is 4.57 Å². The van der Waals surface area contributed by atoms with Gasteiger partial charge in [0, 0.05) is 18.4 Å². The number of fused-ring (bicyclic) bond motifs is 5. The van der Waals surface area contributed by atoms with E-state index in [9.17, 15) is 0 Å². The number of hydrogen-bond acceptors (Lipinski definition) is 1. The largest absolute Gasteiger partial charge is 0.324 e. The zero-order valence-electron chi connectivity index (χ0n) is 28.3. The fourth-order valence-electron chi connectivity index (χ4n) is 11.7. The van der Waals surface area contributed by atoms with E-state index in [-0.39, 0.29) is 0 Å². The Morgan fingerprint density at radius 3 is 2.29 bits per heavy atom. The van der Waals surface area contributed by atoms with E-state index in [1.807, 2.05) is 0 Å². The molecule has 0 N–H and O–H groups in total. The van der Waals surface area contributed by atoms with E-state index in [1.165, 1.54) is 138 Å². The normalized spacial score (nSPS) is 35.0. The van der Waals surface area contributed by atoms with E-state index < -0.39 is 0 Å². The molecule has 4 fully saturated rings. The third-order valence-corrected chi connectivity index (χ3v) is 14.9. The molecule has 0 radical (unpaired) electrons. The number of aryl methyl sites for hydroxylation is 1. The van der Waals surface area contributed by atoms with Crippen molar-refractivity contribution in [3.05, 3.63) is 15.7 Å². The van der Waals surface area contributed by atoms with Gasteiger partial charge in [-0.1, -0.05) is 105 Å². The van der Waals surface area contributed by atoms with Crippen LogP contribution in [0, 0.1) is 50.2 Å². The predicted octanol–water partition coefficient (Wildman–Crippen LogP) is 12.4. The Morgan fingerprint density at radius 1 is 0.810 bits per heavy atom. The average Bonchev–Trinajstić information content (AvgIpc) is 3.52. The van der Waals surface area contributed by atoms with Gasteiger partial charge in [-0.05, 0) is 140 Å². The lowest BCUT2D eigenvalue weighted by Gasteiger charge is -2.61. The van der Waals surface area contributed by atoms with Gasteiger partial charge in [0.15, 0.2) is 3.83 Å². The molecule has 42 heavy (non-hydrogen) atoms. The molecule has 4 aliphatic carbocycles. The number of unbranched alkanes of at least 4 members (excludes halogenated alkanes) is 9. The standard InChI is InChI=1S/C39H67IN2/c1-5-6-7-8-9-10-11-12-13-16-28-42-32(29-41-37(42)40)20-17-18-30(2)34-23-24-35-33-22-21-31-19-14-15-26-38(31,3)36(33)25-27-39(34,35)4/h29-31,33-36H,5-28H2,1-4H3/t30-,31?,33+,34-,35+,36+,38+,39-/m1/s1. The molecule has 0 saturated heterocycles. The zero-order valence-corrected chi connectivity index (χ0v) is 30.4. The molecule has 4 saturated carbocycles. The summed E-state index contributed by atoms with van der Waals surface area (Å²) < 4.78 is 3.75. The third-order valence-electron chi connectivity index (χ3n) is 14.1. The van der Waals surface area contributed by atoms with Gasteiger partial charge in [-0.3, -0.25) is 0 Å². The van der Waals surface area contributed by atoms with Crippen LogP contribution < -0.4 is 0 Å². The summed E-state index contributed by atoms with van der Waals surface area (Å²) in [4.78, 5) is 4.74. The van der Waals surface area contributed by atoms with Crippen molar-refractivity contribution in [1.29, 1.82) is 0 Å². The summed E-state index contributed by atoms with van der Waals surface area (Å²) in [5.41, 5.74) is 2.79. The minimum atomic E-state index is 0.616. The number of imidazole rings is 1. The number of nitrogens with zero attached hydrogens (tertiary/aromatic N) is 2. The van der Waals surface area contributed by atoms with E-state index in [2.05, 4.69) is 61.0 Å². The van der Waals surface area contributed by atoms with Crippen LogP contribution in [0.25, 0.3) is 0 Å². The van der Waals surface area contributed by atoms with E-state index in [0.29, 0.717) is 10.8 Å². The van der Waals surface area contributed by atoms with Crippen LogP contribution >= 0.6 is 22.6 Å². The second-order valence-electron chi connectivity index (χ2n) is 16.4. The summed E-state index contributed by atoms with van der Waals surface area (Å²) in [5, 5.41) is 0. The SMILES string of the molecule is CCCCCCCCCCCCn1c(CCC[C@@H](C)[C@H]2CC[C@H]3[C@@H]4CCC5CCCC[C@]5(C)[C@H]4CC[C@]23C)cnc1I. The molecule has 240 valence electrons. The monoisotopic (exact) mass is 690 g/mol. The van der Waals surface area contributed by atoms with Gasteiger partial charge in [-0.15, -0.1) is 0 Å². The Kier molecular flexibility index (Phi) is 12.3. The lowest BCUT2D eigenvalue weighted by atomic mass is 9.44. The average molecular weight is 691 g/mol. The maximum atomic E-state index is 4.74. The van der Waals surface area contributed by atoms with Crippen LogP contribution in [0.1, 0.15) is 175 Å². The molecule has 1 aromatic heterocycles. The van der Waals surface area contributed by atoms with E-state index in [1.54, 1.807) is 25.7 Å². The van der Waals surface area contributed by atoms with Crippen LogP contribution in [0.3, 0.4) is 0 Å². The maximum absolute atomic E-state index is 4.74. The lowest BCUT2D eigenvalue weighted by Crippen LogP contribution is -2.53. The molecule has 3 heteroatoms. The van der Waals surface area contributed by atoms with Crippen LogP contribution in [0.2, 0.25) is 0 Å². The third kappa shape index (κ3) is 7.32. The highest BCUT2D eigenvalue weighted by atomic mass is 127. The van der Waals surface area contributed by atoms with Gasteiger partial charge in [0.1, 0.15) is 0 Å². The smallest absolute Gasteiger partial charge is 0.171 e. The number of hydrogen-bond donors (Lipinski definition) is 0. The molecule has 0 aliphatic heterocycles.